The molecule has 0 saturated heterocycles. The summed E-state index contributed by atoms with van der Waals surface area (Å²) in [6, 6.07) is 3.34. The monoisotopic (exact) mass is 233 g/mol. The molecule has 0 atom stereocenters. The Kier molecular flexibility index (Phi) is 4.17. The first-order valence-electron chi connectivity index (χ1n) is 4.93. The minimum Gasteiger partial charge on any atom is -0.459 e. The molecule has 0 unspecified atom stereocenters. The number of carbonyl (C=O) groups excluding carboxylic acids is 2. The Balaban J connectivity index is 2.85. The lowest BCUT2D eigenvalue weighted by Gasteiger charge is -2.06. The van der Waals surface area contributed by atoms with Gasteiger partial charge in [-0.05, 0) is 19.9 Å². The molecule has 6 nitrogen and oxygen atoms in total. The van der Waals surface area contributed by atoms with E-state index in [4.69, 9.17) is 5.26 Å². The molecular weight excluding hydrogens is 222 g/mol. The summed E-state index contributed by atoms with van der Waals surface area (Å²) in [6.07, 6.45) is 1.38. The Hall–Kier alpha value is -2.42. The third kappa shape index (κ3) is 3.28. The van der Waals surface area contributed by atoms with E-state index in [0.29, 0.717) is 16.9 Å². The van der Waals surface area contributed by atoms with Gasteiger partial charge in [0.1, 0.15) is 6.07 Å². The van der Waals surface area contributed by atoms with E-state index in [0.717, 1.165) is 0 Å². The molecule has 6 heteroatoms. The predicted molar refractivity (Wildman–Crippen MR) is 59.0 cm³/mol. The Morgan fingerprint density at radius 1 is 1.59 bits per heavy atom. The first-order valence-corrected chi connectivity index (χ1v) is 4.93. The van der Waals surface area contributed by atoms with Crippen molar-refractivity contribution in [3.05, 3.63) is 23.5 Å². The number of esters is 1. The molecule has 0 aliphatic heterocycles. The molecule has 88 valence electrons. The molecule has 1 rings (SSSR count). The van der Waals surface area contributed by atoms with Crippen molar-refractivity contribution in [2.45, 2.75) is 13.8 Å². The van der Waals surface area contributed by atoms with E-state index in [1.165, 1.54) is 12.3 Å². The van der Waals surface area contributed by atoms with Crippen molar-refractivity contribution in [1.82, 2.24) is 4.98 Å². The highest BCUT2D eigenvalue weighted by atomic mass is 16.5. The maximum atomic E-state index is 11.4. The van der Waals surface area contributed by atoms with E-state index in [1.807, 2.05) is 6.07 Å². The highest BCUT2D eigenvalue weighted by molar-refractivity contribution is 6.37. The zero-order valence-corrected chi connectivity index (χ0v) is 9.48. The summed E-state index contributed by atoms with van der Waals surface area (Å²) in [6.45, 7) is 3.39. The smallest absolute Gasteiger partial charge is 0.397 e. The summed E-state index contributed by atoms with van der Waals surface area (Å²) in [5, 5.41) is 11.0. The predicted octanol–water partition coefficient (Wildman–Crippen LogP) is 0.763. The molecule has 0 aliphatic carbocycles. The van der Waals surface area contributed by atoms with Crippen LogP contribution < -0.4 is 5.32 Å². The SMILES string of the molecule is CCOC(=O)C(=O)Nc1cc(C#N)cnc1C. The molecule has 0 radical (unpaired) electrons. The standard InChI is InChI=1S/C11H11N3O3/c1-3-17-11(16)10(15)14-9-4-8(5-12)6-13-7(9)2/h4,6H,3H2,1-2H3,(H,14,15). The first kappa shape index (κ1) is 12.6. The number of anilines is 1. The molecule has 17 heavy (non-hydrogen) atoms. The molecule has 1 N–H and O–H groups in total. The van der Waals surface area contributed by atoms with Crippen LogP contribution in [0.25, 0.3) is 0 Å². The van der Waals surface area contributed by atoms with Gasteiger partial charge in [-0.2, -0.15) is 5.26 Å². The fourth-order valence-corrected chi connectivity index (χ4v) is 1.09. The van der Waals surface area contributed by atoms with Gasteiger partial charge in [0.25, 0.3) is 0 Å². The zero-order valence-electron chi connectivity index (χ0n) is 9.48. The van der Waals surface area contributed by atoms with Crippen molar-refractivity contribution in [3.8, 4) is 6.07 Å². The average molecular weight is 233 g/mol. The number of amides is 1. The highest BCUT2D eigenvalue weighted by Gasteiger charge is 2.16. The molecule has 0 fully saturated rings. The van der Waals surface area contributed by atoms with Crippen molar-refractivity contribution in [2.75, 3.05) is 11.9 Å². The Labute approximate surface area is 98.2 Å². The van der Waals surface area contributed by atoms with E-state index in [9.17, 15) is 9.59 Å². The molecule has 1 heterocycles. The molecule has 0 aliphatic rings. The van der Waals surface area contributed by atoms with E-state index >= 15 is 0 Å². The van der Waals surface area contributed by atoms with E-state index in [-0.39, 0.29) is 6.61 Å². The number of aromatic nitrogens is 1. The lowest BCUT2D eigenvalue weighted by Crippen LogP contribution is -2.25. The van der Waals surface area contributed by atoms with Crippen LogP contribution in [0.15, 0.2) is 12.3 Å². The van der Waals surface area contributed by atoms with E-state index < -0.39 is 11.9 Å². The van der Waals surface area contributed by atoms with Gasteiger partial charge in [0.2, 0.25) is 0 Å². The summed E-state index contributed by atoms with van der Waals surface area (Å²) in [4.78, 5) is 26.4. The van der Waals surface area contributed by atoms with Gasteiger partial charge in [0, 0.05) is 6.20 Å². The summed E-state index contributed by atoms with van der Waals surface area (Å²) < 4.78 is 4.54. The molecule has 0 aromatic carbocycles. The largest absolute Gasteiger partial charge is 0.459 e. The number of nitrogens with one attached hydrogen (secondary N) is 1. The number of rotatable bonds is 2. The van der Waals surface area contributed by atoms with Crippen molar-refractivity contribution < 1.29 is 14.3 Å². The zero-order chi connectivity index (χ0) is 12.8. The quantitative estimate of drug-likeness (QED) is 0.601. The van der Waals surface area contributed by atoms with Crippen molar-refractivity contribution in [1.29, 1.82) is 5.26 Å². The topological polar surface area (TPSA) is 92.1 Å². The van der Waals surface area contributed by atoms with Crippen LogP contribution >= 0.6 is 0 Å². The Morgan fingerprint density at radius 2 is 2.29 bits per heavy atom. The molecule has 0 bridgehead atoms. The van der Waals surface area contributed by atoms with Crippen LogP contribution in [0.1, 0.15) is 18.2 Å². The molecule has 0 saturated carbocycles. The van der Waals surface area contributed by atoms with E-state index in [1.54, 1.807) is 13.8 Å². The number of aryl methyl sites for hydroxylation is 1. The number of hydrogen-bond acceptors (Lipinski definition) is 5. The number of hydrogen-bond donors (Lipinski definition) is 1. The van der Waals surface area contributed by atoms with Gasteiger partial charge in [0.05, 0.1) is 23.6 Å². The van der Waals surface area contributed by atoms with Gasteiger partial charge in [-0.3, -0.25) is 9.78 Å². The average Bonchev–Trinajstić information content (AvgIpc) is 2.32. The number of ether oxygens (including phenoxy) is 1. The molecule has 0 spiro atoms. The van der Waals surface area contributed by atoms with E-state index in [2.05, 4.69) is 15.0 Å². The van der Waals surface area contributed by atoms with Crippen LogP contribution in [0.2, 0.25) is 0 Å². The van der Waals surface area contributed by atoms with Crippen LogP contribution in [-0.2, 0) is 14.3 Å². The van der Waals surface area contributed by atoms with Gasteiger partial charge in [0.15, 0.2) is 0 Å². The Bertz CT molecular complexity index is 491. The van der Waals surface area contributed by atoms with Crippen molar-refractivity contribution >= 4 is 17.6 Å². The number of nitriles is 1. The third-order valence-electron chi connectivity index (χ3n) is 1.93. The van der Waals surface area contributed by atoms with Gasteiger partial charge >= 0.3 is 11.9 Å². The summed E-state index contributed by atoms with van der Waals surface area (Å²) in [5.41, 5.74) is 1.14. The van der Waals surface area contributed by atoms with Gasteiger partial charge in [-0.1, -0.05) is 0 Å². The van der Waals surface area contributed by atoms with Gasteiger partial charge in [-0.15, -0.1) is 0 Å². The van der Waals surface area contributed by atoms with Gasteiger partial charge < -0.3 is 10.1 Å². The molecule has 1 aromatic rings. The molecule has 1 aromatic heterocycles. The molecule has 1 amide bonds. The fraction of sp³-hybridized carbons (Fsp3) is 0.273. The first-order chi connectivity index (χ1) is 8.08. The lowest BCUT2D eigenvalue weighted by atomic mass is 10.2. The lowest BCUT2D eigenvalue weighted by molar-refractivity contribution is -0.152. The number of nitrogens with zero attached hydrogens (tertiary/aromatic N) is 2. The number of pyridine rings is 1. The minimum atomic E-state index is -0.964. The van der Waals surface area contributed by atoms with Crippen LogP contribution in [0.3, 0.4) is 0 Å². The fourth-order valence-electron chi connectivity index (χ4n) is 1.09. The summed E-state index contributed by atoms with van der Waals surface area (Å²) in [5.74, 6) is -1.85. The van der Waals surface area contributed by atoms with Crippen LogP contribution in [0, 0.1) is 18.3 Å². The van der Waals surface area contributed by atoms with Crippen molar-refractivity contribution in [3.63, 3.8) is 0 Å². The highest BCUT2D eigenvalue weighted by Crippen LogP contribution is 2.13. The van der Waals surface area contributed by atoms with Crippen molar-refractivity contribution in [2.24, 2.45) is 0 Å². The summed E-state index contributed by atoms with van der Waals surface area (Å²) in [7, 11) is 0. The minimum absolute atomic E-state index is 0.127. The second-order valence-electron chi connectivity index (χ2n) is 3.14. The molecular formula is C11H11N3O3. The summed E-state index contributed by atoms with van der Waals surface area (Å²) >= 11 is 0. The van der Waals surface area contributed by atoms with Gasteiger partial charge in [-0.25, -0.2) is 4.79 Å². The van der Waals surface area contributed by atoms with Crippen LogP contribution in [0.5, 0.6) is 0 Å². The second-order valence-corrected chi connectivity index (χ2v) is 3.14. The normalized spacial score (nSPS) is 9.24. The third-order valence-corrected chi connectivity index (χ3v) is 1.93. The Morgan fingerprint density at radius 3 is 2.88 bits per heavy atom. The van der Waals surface area contributed by atoms with Crippen LogP contribution in [0.4, 0.5) is 5.69 Å². The second kappa shape index (κ2) is 5.61. The maximum absolute atomic E-state index is 11.4. The van der Waals surface area contributed by atoms with Crippen LogP contribution in [-0.4, -0.2) is 23.5 Å². The maximum Gasteiger partial charge on any atom is 0.397 e. The number of carbonyl (C=O) groups is 2.